The lowest BCUT2D eigenvalue weighted by Crippen LogP contribution is -2.31. The Kier molecular flexibility index (Phi) is 6.12. The first kappa shape index (κ1) is 23.1. The summed E-state index contributed by atoms with van der Waals surface area (Å²) in [7, 11) is 1.61. The smallest absolute Gasteiger partial charge is 0.253 e. The Hall–Kier alpha value is -4.66. The molecule has 0 radical (unpaired) electrons. The third-order valence-corrected chi connectivity index (χ3v) is 6.05. The number of methoxy groups -OCH3 is 1. The van der Waals surface area contributed by atoms with Crippen molar-refractivity contribution in [1.29, 1.82) is 0 Å². The number of hydrogen-bond acceptors (Lipinski definition) is 5. The van der Waals surface area contributed by atoms with Gasteiger partial charge < -0.3 is 15.4 Å². The van der Waals surface area contributed by atoms with Gasteiger partial charge in [-0.1, -0.05) is 24.3 Å². The summed E-state index contributed by atoms with van der Waals surface area (Å²) < 4.78 is 7.08. The lowest BCUT2D eigenvalue weighted by Gasteiger charge is -2.16. The van der Waals surface area contributed by atoms with Gasteiger partial charge in [0, 0.05) is 18.3 Å². The van der Waals surface area contributed by atoms with Gasteiger partial charge in [-0.3, -0.25) is 23.9 Å². The average molecular weight is 484 g/mol. The van der Waals surface area contributed by atoms with E-state index in [1.54, 1.807) is 36.3 Å². The van der Waals surface area contributed by atoms with Gasteiger partial charge in [-0.25, -0.2) is 4.98 Å². The summed E-state index contributed by atoms with van der Waals surface area (Å²) in [5.41, 5.74) is 3.70. The average Bonchev–Trinajstić information content (AvgIpc) is 3.36. The van der Waals surface area contributed by atoms with Crippen molar-refractivity contribution in [2.45, 2.75) is 25.9 Å². The number of ether oxygens (including phenoxy) is 1. The molecule has 4 aromatic rings. The highest BCUT2D eigenvalue weighted by Crippen LogP contribution is 2.37. The molecular formula is C27H25N5O4. The number of imidazole rings is 1. The number of benzene rings is 3. The van der Waals surface area contributed by atoms with E-state index in [1.807, 2.05) is 53.1 Å². The zero-order valence-electron chi connectivity index (χ0n) is 19.9. The highest BCUT2D eigenvalue weighted by Gasteiger charge is 2.40. The molecule has 9 nitrogen and oxygen atoms in total. The van der Waals surface area contributed by atoms with Crippen LogP contribution in [0, 0.1) is 0 Å². The van der Waals surface area contributed by atoms with Crippen LogP contribution in [-0.4, -0.2) is 34.4 Å². The third kappa shape index (κ3) is 4.50. The van der Waals surface area contributed by atoms with Gasteiger partial charge in [0.2, 0.25) is 17.8 Å². The molecule has 5 rings (SSSR count). The number of nitrogens with zero attached hydrogens (tertiary/aromatic N) is 3. The Morgan fingerprint density at radius 3 is 2.28 bits per heavy atom. The summed E-state index contributed by atoms with van der Waals surface area (Å²) in [6.07, 6.45) is -0.0429. The van der Waals surface area contributed by atoms with Crippen LogP contribution >= 0.6 is 0 Å². The van der Waals surface area contributed by atoms with Crippen molar-refractivity contribution in [3.05, 3.63) is 78.4 Å². The van der Waals surface area contributed by atoms with Crippen molar-refractivity contribution in [1.82, 2.24) is 9.55 Å². The summed E-state index contributed by atoms with van der Waals surface area (Å²) in [6.45, 7) is 1.76. The number of amides is 3. The molecule has 0 saturated heterocycles. The predicted octanol–water partition coefficient (Wildman–Crippen LogP) is 4.12. The minimum atomic E-state index is -0.718. The van der Waals surface area contributed by atoms with Crippen LogP contribution in [0.4, 0.5) is 17.3 Å². The Morgan fingerprint density at radius 2 is 1.61 bits per heavy atom. The molecule has 1 aliphatic heterocycles. The summed E-state index contributed by atoms with van der Waals surface area (Å²) in [5, 5.41) is 5.54. The van der Waals surface area contributed by atoms with E-state index in [0.29, 0.717) is 23.9 Å². The maximum atomic E-state index is 13.6. The number of anilines is 3. The van der Waals surface area contributed by atoms with Crippen molar-refractivity contribution in [2.75, 3.05) is 22.6 Å². The normalized spacial score (nSPS) is 14.6. The first-order valence-electron chi connectivity index (χ1n) is 11.5. The highest BCUT2D eigenvalue weighted by molar-refractivity contribution is 6.05. The minimum Gasteiger partial charge on any atom is -0.497 e. The van der Waals surface area contributed by atoms with Gasteiger partial charge in [0.05, 0.1) is 31.1 Å². The lowest BCUT2D eigenvalue weighted by molar-refractivity contribution is -0.124. The molecule has 182 valence electrons. The number of carbonyl (C=O) groups excluding carboxylic acids is 3. The molecule has 0 fully saturated rings. The third-order valence-electron chi connectivity index (χ3n) is 6.05. The van der Waals surface area contributed by atoms with Crippen molar-refractivity contribution in [3.8, 4) is 5.75 Å². The van der Waals surface area contributed by atoms with Crippen molar-refractivity contribution in [2.24, 2.45) is 0 Å². The number of rotatable bonds is 7. The second-order valence-corrected chi connectivity index (χ2v) is 8.57. The van der Waals surface area contributed by atoms with E-state index in [-0.39, 0.29) is 24.1 Å². The van der Waals surface area contributed by atoms with Gasteiger partial charge in [-0.2, -0.15) is 0 Å². The van der Waals surface area contributed by atoms with E-state index in [9.17, 15) is 14.4 Å². The zero-order chi connectivity index (χ0) is 25.2. The van der Waals surface area contributed by atoms with Gasteiger partial charge in [0.25, 0.3) is 5.91 Å². The maximum absolute atomic E-state index is 13.6. The standard InChI is InChI=1S/C27H25N5O4/c1-17(33)28-19-9-11-20(12-10-19)29-25(34)15-24-26(35)31(16-18-7-13-21(36-2)14-8-18)27-30-22-5-3-4-6-23(22)32(24)27/h3-14,24H,15-16H2,1-2H3,(H,28,33)(H,29,34)/t24-/m0/s1. The molecule has 2 N–H and O–H groups in total. The summed E-state index contributed by atoms with van der Waals surface area (Å²) in [5.74, 6) is 0.604. The van der Waals surface area contributed by atoms with Gasteiger partial charge in [0.1, 0.15) is 11.8 Å². The lowest BCUT2D eigenvalue weighted by atomic mass is 10.1. The van der Waals surface area contributed by atoms with Crippen LogP contribution in [0.5, 0.6) is 5.75 Å². The first-order valence-corrected chi connectivity index (χ1v) is 11.5. The second-order valence-electron chi connectivity index (χ2n) is 8.57. The molecule has 1 aliphatic rings. The van der Waals surface area contributed by atoms with Gasteiger partial charge in [-0.05, 0) is 54.1 Å². The number of carbonyl (C=O) groups is 3. The predicted molar refractivity (Wildman–Crippen MR) is 137 cm³/mol. The number of para-hydroxylation sites is 2. The molecule has 3 aromatic carbocycles. The molecule has 0 bridgehead atoms. The van der Waals surface area contributed by atoms with Crippen LogP contribution < -0.4 is 20.3 Å². The summed E-state index contributed by atoms with van der Waals surface area (Å²) in [6, 6.07) is 21.2. The molecule has 3 amide bonds. The van der Waals surface area contributed by atoms with Crippen molar-refractivity contribution >= 4 is 46.1 Å². The number of aromatic nitrogens is 2. The molecule has 0 spiro atoms. The molecule has 0 unspecified atom stereocenters. The SMILES string of the molecule is COc1ccc(CN2C(=O)[C@H](CC(=O)Nc3ccc(NC(C)=O)cc3)n3c2nc2ccccc23)cc1. The molecule has 1 aromatic heterocycles. The molecule has 9 heteroatoms. The van der Waals surface area contributed by atoms with Crippen LogP contribution in [0.3, 0.4) is 0 Å². The molecule has 1 atom stereocenters. The molecular weight excluding hydrogens is 458 g/mol. The van der Waals surface area contributed by atoms with Crippen molar-refractivity contribution in [3.63, 3.8) is 0 Å². The summed E-state index contributed by atoms with van der Waals surface area (Å²) >= 11 is 0. The van der Waals surface area contributed by atoms with E-state index in [2.05, 4.69) is 10.6 Å². The Bertz CT molecular complexity index is 1440. The van der Waals surface area contributed by atoms with Gasteiger partial charge in [0.15, 0.2) is 0 Å². The van der Waals surface area contributed by atoms with Crippen LogP contribution in [0.2, 0.25) is 0 Å². The Morgan fingerprint density at radius 1 is 0.944 bits per heavy atom. The maximum Gasteiger partial charge on any atom is 0.253 e. The van der Waals surface area contributed by atoms with E-state index in [0.717, 1.165) is 22.3 Å². The van der Waals surface area contributed by atoms with Crippen LogP contribution in [0.1, 0.15) is 24.9 Å². The topological polar surface area (TPSA) is 106 Å². The molecule has 0 saturated carbocycles. The van der Waals surface area contributed by atoms with Gasteiger partial charge >= 0.3 is 0 Å². The summed E-state index contributed by atoms with van der Waals surface area (Å²) in [4.78, 5) is 44.1. The fraction of sp³-hybridized carbons (Fsp3) is 0.185. The fourth-order valence-electron chi connectivity index (χ4n) is 4.39. The van der Waals surface area contributed by atoms with Crippen LogP contribution in [-0.2, 0) is 20.9 Å². The molecule has 36 heavy (non-hydrogen) atoms. The largest absolute Gasteiger partial charge is 0.497 e. The molecule has 0 aliphatic carbocycles. The minimum absolute atomic E-state index is 0.0429. The van der Waals surface area contributed by atoms with E-state index in [4.69, 9.17) is 9.72 Å². The monoisotopic (exact) mass is 483 g/mol. The number of hydrogen-bond donors (Lipinski definition) is 2. The van der Waals surface area contributed by atoms with Crippen LogP contribution in [0.25, 0.3) is 11.0 Å². The van der Waals surface area contributed by atoms with Crippen LogP contribution in [0.15, 0.2) is 72.8 Å². The van der Waals surface area contributed by atoms with Gasteiger partial charge in [-0.15, -0.1) is 0 Å². The first-order chi connectivity index (χ1) is 17.4. The highest BCUT2D eigenvalue weighted by atomic mass is 16.5. The fourth-order valence-corrected chi connectivity index (χ4v) is 4.39. The van der Waals surface area contributed by atoms with Crippen molar-refractivity contribution < 1.29 is 19.1 Å². The number of nitrogens with one attached hydrogen (secondary N) is 2. The number of fused-ring (bicyclic) bond motifs is 3. The Labute approximate surface area is 207 Å². The van der Waals surface area contributed by atoms with E-state index >= 15 is 0 Å². The molecule has 2 heterocycles. The van der Waals surface area contributed by atoms with E-state index < -0.39 is 6.04 Å². The zero-order valence-corrected chi connectivity index (χ0v) is 19.9. The van der Waals surface area contributed by atoms with E-state index in [1.165, 1.54) is 6.92 Å². The Balaban J connectivity index is 1.39. The second kappa shape index (κ2) is 9.53. The quantitative estimate of drug-likeness (QED) is 0.411.